The SMILES string of the molecule is COC(=O)CCNC(=O)C1CNc2ccccc2O1. The zero-order valence-corrected chi connectivity index (χ0v) is 10.6. The van der Waals surface area contributed by atoms with Gasteiger partial charge in [0.05, 0.1) is 25.8 Å². The van der Waals surface area contributed by atoms with Crippen molar-refractivity contribution in [3.8, 4) is 5.75 Å². The molecule has 6 heteroatoms. The van der Waals surface area contributed by atoms with Gasteiger partial charge in [-0.15, -0.1) is 0 Å². The average molecular weight is 264 g/mol. The van der Waals surface area contributed by atoms with Gasteiger partial charge in [0.25, 0.3) is 5.91 Å². The number of anilines is 1. The van der Waals surface area contributed by atoms with Crippen LogP contribution in [0.2, 0.25) is 0 Å². The van der Waals surface area contributed by atoms with Crippen molar-refractivity contribution < 1.29 is 19.1 Å². The second-order valence-corrected chi connectivity index (χ2v) is 4.10. The molecule has 1 unspecified atom stereocenters. The van der Waals surface area contributed by atoms with Gasteiger partial charge < -0.3 is 20.1 Å². The lowest BCUT2D eigenvalue weighted by Gasteiger charge is -2.26. The van der Waals surface area contributed by atoms with Crippen molar-refractivity contribution in [1.82, 2.24) is 5.32 Å². The highest BCUT2D eigenvalue weighted by molar-refractivity contribution is 5.83. The van der Waals surface area contributed by atoms with Crippen molar-refractivity contribution in [1.29, 1.82) is 0 Å². The zero-order valence-electron chi connectivity index (χ0n) is 10.6. The fourth-order valence-corrected chi connectivity index (χ4v) is 1.76. The second kappa shape index (κ2) is 6.08. The maximum Gasteiger partial charge on any atom is 0.307 e. The van der Waals surface area contributed by atoms with Crippen LogP contribution in [0.1, 0.15) is 6.42 Å². The van der Waals surface area contributed by atoms with Crippen LogP contribution in [0.4, 0.5) is 5.69 Å². The Bertz CT molecular complexity index is 475. The van der Waals surface area contributed by atoms with Crippen LogP contribution in [0.3, 0.4) is 0 Å². The van der Waals surface area contributed by atoms with E-state index in [1.807, 2.05) is 18.2 Å². The van der Waals surface area contributed by atoms with Crippen LogP contribution in [-0.2, 0) is 14.3 Å². The van der Waals surface area contributed by atoms with E-state index in [0.717, 1.165) is 5.69 Å². The van der Waals surface area contributed by atoms with Crippen LogP contribution in [-0.4, -0.2) is 38.2 Å². The van der Waals surface area contributed by atoms with Crippen LogP contribution in [0.25, 0.3) is 0 Å². The minimum absolute atomic E-state index is 0.152. The van der Waals surface area contributed by atoms with Gasteiger partial charge in [0.1, 0.15) is 5.75 Å². The topological polar surface area (TPSA) is 76.7 Å². The monoisotopic (exact) mass is 264 g/mol. The fourth-order valence-electron chi connectivity index (χ4n) is 1.76. The maximum absolute atomic E-state index is 11.8. The summed E-state index contributed by atoms with van der Waals surface area (Å²) in [5.74, 6) is 0.0566. The number of benzene rings is 1. The van der Waals surface area contributed by atoms with Gasteiger partial charge in [-0.3, -0.25) is 9.59 Å². The molecule has 1 heterocycles. The number of fused-ring (bicyclic) bond motifs is 1. The van der Waals surface area contributed by atoms with Crippen LogP contribution in [0, 0.1) is 0 Å². The third-order valence-electron chi connectivity index (χ3n) is 2.78. The van der Waals surface area contributed by atoms with Gasteiger partial charge in [-0.2, -0.15) is 0 Å². The summed E-state index contributed by atoms with van der Waals surface area (Å²) in [6.45, 7) is 0.647. The number of rotatable bonds is 4. The van der Waals surface area contributed by atoms with Gasteiger partial charge in [-0.05, 0) is 12.1 Å². The summed E-state index contributed by atoms with van der Waals surface area (Å²) in [5.41, 5.74) is 0.876. The largest absolute Gasteiger partial charge is 0.477 e. The number of nitrogens with one attached hydrogen (secondary N) is 2. The molecule has 1 atom stereocenters. The predicted octanol–water partition coefficient (Wildman–Crippen LogP) is 0.539. The first-order valence-electron chi connectivity index (χ1n) is 6.05. The van der Waals surface area contributed by atoms with E-state index >= 15 is 0 Å². The number of hydrogen-bond donors (Lipinski definition) is 2. The highest BCUT2D eigenvalue weighted by atomic mass is 16.5. The molecule has 1 aromatic rings. The van der Waals surface area contributed by atoms with Crippen LogP contribution < -0.4 is 15.4 Å². The molecule has 1 amide bonds. The van der Waals surface area contributed by atoms with Gasteiger partial charge in [-0.1, -0.05) is 12.1 Å². The Kier molecular flexibility index (Phi) is 4.22. The molecule has 1 aromatic carbocycles. The molecule has 2 N–H and O–H groups in total. The Hall–Kier alpha value is -2.24. The van der Waals surface area contributed by atoms with Crippen molar-refractivity contribution in [2.75, 3.05) is 25.5 Å². The number of ether oxygens (including phenoxy) is 2. The summed E-state index contributed by atoms with van der Waals surface area (Å²) in [6.07, 6.45) is -0.438. The number of esters is 1. The normalized spacial score (nSPS) is 16.6. The summed E-state index contributed by atoms with van der Waals surface area (Å²) in [5, 5.41) is 5.77. The van der Waals surface area contributed by atoms with E-state index in [1.165, 1.54) is 7.11 Å². The third-order valence-corrected chi connectivity index (χ3v) is 2.78. The van der Waals surface area contributed by atoms with Crippen molar-refractivity contribution >= 4 is 17.6 Å². The molecule has 0 fully saturated rings. The lowest BCUT2D eigenvalue weighted by molar-refractivity contribution is -0.140. The summed E-state index contributed by atoms with van der Waals surface area (Å²) in [4.78, 5) is 22.8. The smallest absolute Gasteiger partial charge is 0.307 e. The molecule has 0 aliphatic carbocycles. The zero-order chi connectivity index (χ0) is 13.7. The van der Waals surface area contributed by atoms with Crippen molar-refractivity contribution in [2.24, 2.45) is 0 Å². The lowest BCUT2D eigenvalue weighted by atomic mass is 10.2. The number of carbonyl (C=O) groups excluding carboxylic acids is 2. The molecule has 0 saturated carbocycles. The van der Waals surface area contributed by atoms with Gasteiger partial charge in [-0.25, -0.2) is 0 Å². The van der Waals surface area contributed by atoms with Crippen LogP contribution >= 0.6 is 0 Å². The van der Waals surface area contributed by atoms with Crippen LogP contribution in [0.5, 0.6) is 5.75 Å². The Balaban J connectivity index is 1.83. The summed E-state index contributed by atoms with van der Waals surface area (Å²) in [7, 11) is 1.31. The maximum atomic E-state index is 11.8. The van der Waals surface area contributed by atoms with E-state index in [1.54, 1.807) is 6.07 Å². The number of carbonyl (C=O) groups is 2. The Morgan fingerprint density at radius 1 is 1.47 bits per heavy atom. The molecule has 102 valence electrons. The standard InChI is InChI=1S/C13H16N2O4/c1-18-12(16)6-7-14-13(17)11-8-15-9-4-2-3-5-10(9)19-11/h2-5,11,15H,6-8H2,1H3,(H,14,17). The molecule has 0 saturated heterocycles. The Morgan fingerprint density at radius 3 is 3.05 bits per heavy atom. The minimum Gasteiger partial charge on any atom is -0.477 e. The molecular weight excluding hydrogens is 248 g/mol. The van der Waals surface area contributed by atoms with Crippen molar-refractivity contribution in [3.63, 3.8) is 0 Å². The first kappa shape index (κ1) is 13.2. The average Bonchev–Trinajstić information content (AvgIpc) is 2.46. The first-order valence-corrected chi connectivity index (χ1v) is 6.05. The molecular formula is C13H16N2O4. The molecule has 0 aromatic heterocycles. The van der Waals surface area contributed by atoms with E-state index in [4.69, 9.17) is 4.74 Å². The van der Waals surface area contributed by atoms with Crippen molar-refractivity contribution in [3.05, 3.63) is 24.3 Å². The molecule has 19 heavy (non-hydrogen) atoms. The highest BCUT2D eigenvalue weighted by Crippen LogP contribution is 2.28. The quantitative estimate of drug-likeness (QED) is 0.776. The van der Waals surface area contributed by atoms with Crippen LogP contribution in [0.15, 0.2) is 24.3 Å². The van der Waals surface area contributed by atoms with E-state index in [0.29, 0.717) is 12.3 Å². The number of amides is 1. The lowest BCUT2D eigenvalue weighted by Crippen LogP contribution is -2.45. The van der Waals surface area contributed by atoms with Gasteiger partial charge in [0, 0.05) is 6.54 Å². The van der Waals surface area contributed by atoms with E-state index in [-0.39, 0.29) is 24.8 Å². The molecule has 0 bridgehead atoms. The molecule has 1 aliphatic rings. The van der Waals surface area contributed by atoms with Gasteiger partial charge in [0.15, 0.2) is 6.10 Å². The third kappa shape index (κ3) is 3.37. The Morgan fingerprint density at radius 2 is 2.26 bits per heavy atom. The first-order chi connectivity index (χ1) is 9.20. The van der Waals surface area contributed by atoms with E-state index in [2.05, 4.69) is 15.4 Å². The number of hydrogen-bond acceptors (Lipinski definition) is 5. The Labute approximate surface area is 111 Å². The summed E-state index contributed by atoms with van der Waals surface area (Å²) >= 11 is 0. The second-order valence-electron chi connectivity index (χ2n) is 4.10. The molecule has 0 spiro atoms. The molecule has 2 rings (SSSR count). The predicted molar refractivity (Wildman–Crippen MR) is 69.0 cm³/mol. The molecule has 0 radical (unpaired) electrons. The minimum atomic E-state index is -0.590. The van der Waals surface area contributed by atoms with E-state index in [9.17, 15) is 9.59 Å². The number of methoxy groups -OCH3 is 1. The molecule has 6 nitrogen and oxygen atoms in total. The summed E-state index contributed by atoms with van der Waals surface area (Å²) in [6, 6.07) is 7.43. The molecule has 1 aliphatic heterocycles. The fraction of sp³-hybridized carbons (Fsp3) is 0.385. The van der Waals surface area contributed by atoms with Crippen molar-refractivity contribution in [2.45, 2.75) is 12.5 Å². The van der Waals surface area contributed by atoms with Gasteiger partial charge >= 0.3 is 5.97 Å². The van der Waals surface area contributed by atoms with E-state index < -0.39 is 6.10 Å². The van der Waals surface area contributed by atoms with Gasteiger partial charge in [0.2, 0.25) is 0 Å². The number of para-hydroxylation sites is 2. The highest BCUT2D eigenvalue weighted by Gasteiger charge is 2.25. The summed E-state index contributed by atoms with van der Waals surface area (Å²) < 4.78 is 10.1.